The molecule has 1 amide bonds. The predicted octanol–water partition coefficient (Wildman–Crippen LogP) is 4.22. The van der Waals surface area contributed by atoms with Crippen LogP contribution in [0.1, 0.15) is 4.88 Å². The van der Waals surface area contributed by atoms with E-state index in [2.05, 4.69) is 5.32 Å². The molecule has 2 aromatic carbocycles. The molecule has 6 heteroatoms. The Hall–Kier alpha value is -3.38. The van der Waals surface area contributed by atoms with Gasteiger partial charge in [-0.15, -0.1) is 11.3 Å². The van der Waals surface area contributed by atoms with Crippen molar-refractivity contribution in [3.63, 3.8) is 0 Å². The van der Waals surface area contributed by atoms with E-state index in [9.17, 15) is 9.59 Å². The highest BCUT2D eigenvalue weighted by Gasteiger charge is 2.10. The molecule has 5 nitrogen and oxygen atoms in total. The first kappa shape index (κ1) is 18.0. The van der Waals surface area contributed by atoms with E-state index in [0.29, 0.717) is 28.8 Å². The summed E-state index contributed by atoms with van der Waals surface area (Å²) in [4.78, 5) is 25.7. The monoisotopic (exact) mass is 391 g/mol. The van der Waals surface area contributed by atoms with Gasteiger partial charge in [0.25, 0.3) is 5.91 Å². The maximum atomic E-state index is 12.7. The Morgan fingerprint density at radius 1 is 1.07 bits per heavy atom. The first-order valence-electron chi connectivity index (χ1n) is 8.73. The van der Waals surface area contributed by atoms with Crippen molar-refractivity contribution in [2.45, 2.75) is 6.54 Å². The molecule has 4 aromatic rings. The average Bonchev–Trinajstić information content (AvgIpc) is 3.25. The minimum absolute atomic E-state index is 0.104. The van der Waals surface area contributed by atoms with Crippen molar-refractivity contribution in [2.75, 3.05) is 6.61 Å². The van der Waals surface area contributed by atoms with Crippen molar-refractivity contribution in [1.82, 2.24) is 5.32 Å². The first-order valence-corrected chi connectivity index (χ1v) is 9.61. The number of nitrogens with one attached hydrogen (secondary N) is 1. The largest absolute Gasteiger partial charge is 0.484 e. The summed E-state index contributed by atoms with van der Waals surface area (Å²) in [5, 5.41) is 5.23. The van der Waals surface area contributed by atoms with Gasteiger partial charge in [-0.25, -0.2) is 0 Å². The number of hydrogen-bond donors (Lipinski definition) is 1. The third kappa shape index (κ3) is 3.97. The Morgan fingerprint density at radius 3 is 2.71 bits per heavy atom. The highest BCUT2D eigenvalue weighted by molar-refractivity contribution is 7.09. The zero-order chi connectivity index (χ0) is 19.3. The fourth-order valence-corrected chi connectivity index (χ4v) is 3.46. The van der Waals surface area contributed by atoms with Crippen molar-refractivity contribution in [3.05, 3.63) is 87.4 Å². The Labute approximate surface area is 165 Å². The van der Waals surface area contributed by atoms with Crippen molar-refractivity contribution >= 4 is 28.2 Å². The molecule has 2 aromatic heterocycles. The number of thiophene rings is 1. The van der Waals surface area contributed by atoms with Crippen molar-refractivity contribution in [1.29, 1.82) is 0 Å². The van der Waals surface area contributed by atoms with Gasteiger partial charge in [-0.05, 0) is 29.1 Å². The van der Waals surface area contributed by atoms with E-state index >= 15 is 0 Å². The zero-order valence-corrected chi connectivity index (χ0v) is 15.7. The van der Waals surface area contributed by atoms with Crippen LogP contribution in [0.4, 0.5) is 0 Å². The van der Waals surface area contributed by atoms with Crippen LogP contribution in [0.15, 0.2) is 81.5 Å². The van der Waals surface area contributed by atoms with E-state index < -0.39 is 0 Å². The van der Waals surface area contributed by atoms with Gasteiger partial charge in [-0.1, -0.05) is 36.4 Å². The topological polar surface area (TPSA) is 68.5 Å². The molecule has 0 unspecified atom stereocenters. The fourth-order valence-electron chi connectivity index (χ4n) is 2.81. The highest BCUT2D eigenvalue weighted by atomic mass is 32.1. The summed E-state index contributed by atoms with van der Waals surface area (Å²) in [7, 11) is 0. The molecule has 0 radical (unpaired) electrons. The Kier molecular flexibility index (Phi) is 5.21. The predicted molar refractivity (Wildman–Crippen MR) is 110 cm³/mol. The van der Waals surface area contributed by atoms with Gasteiger partial charge in [0.1, 0.15) is 17.6 Å². The maximum absolute atomic E-state index is 12.7. The molecule has 0 aliphatic rings. The summed E-state index contributed by atoms with van der Waals surface area (Å²) in [5.41, 5.74) is 1.63. The number of fused-ring (bicyclic) bond motifs is 1. The van der Waals surface area contributed by atoms with Gasteiger partial charge >= 0.3 is 0 Å². The lowest BCUT2D eigenvalue weighted by Gasteiger charge is -2.08. The molecule has 0 aliphatic heterocycles. The van der Waals surface area contributed by atoms with Crippen LogP contribution in [0.3, 0.4) is 0 Å². The van der Waals surface area contributed by atoms with Crippen molar-refractivity contribution < 1.29 is 13.9 Å². The number of carbonyl (C=O) groups excluding carboxylic acids is 1. The SMILES string of the molecule is O=C(COc1ccc2c(=O)c(-c3ccccc3)coc2c1)NCc1cccs1. The lowest BCUT2D eigenvalue weighted by atomic mass is 10.1. The summed E-state index contributed by atoms with van der Waals surface area (Å²) in [6.45, 7) is 0.373. The van der Waals surface area contributed by atoms with E-state index in [0.717, 1.165) is 10.4 Å². The molecule has 2 heterocycles. The molecule has 4 rings (SSSR count). The minimum Gasteiger partial charge on any atom is -0.484 e. The first-order chi connectivity index (χ1) is 13.7. The Balaban J connectivity index is 1.46. The molecule has 0 saturated carbocycles. The van der Waals surface area contributed by atoms with Gasteiger partial charge in [0.2, 0.25) is 0 Å². The molecular formula is C22H17NO4S. The molecule has 0 spiro atoms. The number of amides is 1. The van der Waals surface area contributed by atoms with Gasteiger partial charge in [0.15, 0.2) is 12.0 Å². The molecule has 0 fully saturated rings. The van der Waals surface area contributed by atoms with Gasteiger partial charge < -0.3 is 14.5 Å². The van der Waals surface area contributed by atoms with E-state index in [1.807, 2.05) is 47.8 Å². The van der Waals surface area contributed by atoms with Gasteiger partial charge in [0, 0.05) is 10.9 Å². The number of ether oxygens (including phenoxy) is 1. The van der Waals surface area contributed by atoms with Crippen molar-refractivity contribution in [2.24, 2.45) is 0 Å². The van der Waals surface area contributed by atoms with Crippen LogP contribution in [-0.2, 0) is 11.3 Å². The maximum Gasteiger partial charge on any atom is 0.258 e. The van der Waals surface area contributed by atoms with E-state index in [1.54, 1.807) is 29.5 Å². The summed E-state index contributed by atoms with van der Waals surface area (Å²) < 4.78 is 11.2. The summed E-state index contributed by atoms with van der Waals surface area (Å²) in [6.07, 6.45) is 1.46. The zero-order valence-electron chi connectivity index (χ0n) is 14.9. The molecule has 1 N–H and O–H groups in total. The summed E-state index contributed by atoms with van der Waals surface area (Å²) in [6, 6.07) is 18.2. The fraction of sp³-hybridized carbons (Fsp3) is 0.0909. The second-order valence-electron chi connectivity index (χ2n) is 6.15. The Morgan fingerprint density at radius 2 is 1.93 bits per heavy atom. The van der Waals surface area contributed by atoms with Crippen LogP contribution < -0.4 is 15.5 Å². The lowest BCUT2D eigenvalue weighted by molar-refractivity contribution is -0.123. The van der Waals surface area contributed by atoms with Crippen LogP contribution in [-0.4, -0.2) is 12.5 Å². The summed E-state index contributed by atoms with van der Waals surface area (Å²) in [5.74, 6) is 0.253. The van der Waals surface area contributed by atoms with Crippen LogP contribution in [0.5, 0.6) is 5.75 Å². The van der Waals surface area contributed by atoms with Crippen LogP contribution in [0.25, 0.3) is 22.1 Å². The number of hydrogen-bond acceptors (Lipinski definition) is 5. The summed E-state index contributed by atoms with van der Waals surface area (Å²) >= 11 is 1.58. The molecule has 28 heavy (non-hydrogen) atoms. The molecule has 140 valence electrons. The normalized spacial score (nSPS) is 10.7. The average molecular weight is 391 g/mol. The van der Waals surface area contributed by atoms with E-state index in [1.165, 1.54) is 6.26 Å². The van der Waals surface area contributed by atoms with Crippen LogP contribution in [0.2, 0.25) is 0 Å². The van der Waals surface area contributed by atoms with Gasteiger partial charge in [0.05, 0.1) is 17.5 Å². The molecule has 0 atom stereocenters. The van der Waals surface area contributed by atoms with Crippen LogP contribution in [0, 0.1) is 0 Å². The van der Waals surface area contributed by atoms with E-state index in [4.69, 9.17) is 9.15 Å². The van der Waals surface area contributed by atoms with Gasteiger partial charge in [-0.3, -0.25) is 9.59 Å². The Bertz CT molecular complexity index is 1150. The molecule has 0 saturated heterocycles. The highest BCUT2D eigenvalue weighted by Crippen LogP contribution is 2.23. The molecule has 0 bridgehead atoms. The minimum atomic E-state index is -0.214. The quantitative estimate of drug-likeness (QED) is 0.534. The van der Waals surface area contributed by atoms with E-state index in [-0.39, 0.29) is 17.9 Å². The standard InChI is InChI=1S/C22H17NO4S/c24-21(23-12-17-7-4-10-28-17)14-26-16-8-9-18-20(11-16)27-13-19(22(18)25)15-5-2-1-3-6-15/h1-11,13H,12,14H2,(H,23,24). The lowest BCUT2D eigenvalue weighted by Crippen LogP contribution is -2.28. The molecular weight excluding hydrogens is 374 g/mol. The third-order valence-electron chi connectivity index (χ3n) is 4.24. The second kappa shape index (κ2) is 8.10. The second-order valence-corrected chi connectivity index (χ2v) is 7.18. The number of rotatable bonds is 6. The number of benzene rings is 2. The van der Waals surface area contributed by atoms with Crippen molar-refractivity contribution in [3.8, 4) is 16.9 Å². The van der Waals surface area contributed by atoms with Crippen LogP contribution >= 0.6 is 11.3 Å². The molecule has 0 aliphatic carbocycles. The number of carbonyl (C=O) groups is 1. The third-order valence-corrected chi connectivity index (χ3v) is 5.12. The smallest absolute Gasteiger partial charge is 0.258 e. The van der Waals surface area contributed by atoms with Gasteiger partial charge in [-0.2, -0.15) is 0 Å².